The van der Waals surface area contributed by atoms with E-state index in [9.17, 15) is 4.79 Å². The molecule has 88 valence electrons. The zero-order valence-electron chi connectivity index (χ0n) is 10.2. The summed E-state index contributed by atoms with van der Waals surface area (Å²) in [5.41, 5.74) is 6.63. The van der Waals surface area contributed by atoms with Gasteiger partial charge in [-0.1, -0.05) is 26.8 Å². The predicted octanol–water partition coefficient (Wildman–Crippen LogP) is 1.70. The first kappa shape index (κ1) is 12.6. The van der Waals surface area contributed by atoms with Crippen LogP contribution in [0.3, 0.4) is 0 Å². The summed E-state index contributed by atoms with van der Waals surface area (Å²) < 4.78 is 0. The van der Waals surface area contributed by atoms with Gasteiger partial charge in [0, 0.05) is 6.20 Å². The molecule has 1 heterocycles. The van der Waals surface area contributed by atoms with E-state index in [0.717, 1.165) is 5.56 Å². The van der Waals surface area contributed by atoms with Gasteiger partial charge in [0.1, 0.15) is 5.82 Å². The van der Waals surface area contributed by atoms with Crippen LogP contribution in [0.1, 0.15) is 26.3 Å². The predicted molar refractivity (Wildman–Crippen MR) is 65.0 cm³/mol. The minimum atomic E-state index is -0.546. The van der Waals surface area contributed by atoms with Crippen molar-refractivity contribution in [3.05, 3.63) is 23.9 Å². The van der Waals surface area contributed by atoms with E-state index in [-0.39, 0.29) is 11.3 Å². The second-order valence-corrected chi connectivity index (χ2v) is 5.05. The smallest absolute Gasteiger partial charge is 0.242 e. The normalized spacial score (nSPS) is 13.3. The summed E-state index contributed by atoms with van der Waals surface area (Å²) in [5.74, 6) is 0.333. The molecule has 0 saturated carbocycles. The molecule has 0 bridgehead atoms. The molecule has 16 heavy (non-hydrogen) atoms. The monoisotopic (exact) mass is 221 g/mol. The molecule has 0 unspecified atom stereocenters. The van der Waals surface area contributed by atoms with Crippen molar-refractivity contribution in [2.24, 2.45) is 11.1 Å². The fourth-order valence-corrected chi connectivity index (χ4v) is 1.14. The molecule has 0 aliphatic carbocycles. The average Bonchev–Trinajstić information content (AvgIpc) is 2.19. The van der Waals surface area contributed by atoms with E-state index < -0.39 is 6.04 Å². The van der Waals surface area contributed by atoms with Gasteiger partial charge in [0.15, 0.2) is 0 Å². The number of carbonyl (C=O) groups excluding carboxylic acids is 1. The Hall–Kier alpha value is -1.42. The third kappa shape index (κ3) is 3.31. The molecule has 0 aliphatic heterocycles. The topological polar surface area (TPSA) is 68.0 Å². The molecule has 0 aromatic carbocycles. The number of aryl methyl sites for hydroxylation is 1. The quantitative estimate of drug-likeness (QED) is 0.798. The van der Waals surface area contributed by atoms with Gasteiger partial charge in [0.05, 0.1) is 6.04 Å². The maximum absolute atomic E-state index is 11.8. The first-order chi connectivity index (χ1) is 7.30. The Labute approximate surface area is 96.3 Å². The van der Waals surface area contributed by atoms with Gasteiger partial charge in [-0.2, -0.15) is 0 Å². The minimum absolute atomic E-state index is 0.205. The Morgan fingerprint density at radius 2 is 2.06 bits per heavy atom. The number of carbonyl (C=O) groups is 1. The highest BCUT2D eigenvalue weighted by molar-refractivity contribution is 5.94. The largest absolute Gasteiger partial charge is 0.319 e. The molecule has 0 fully saturated rings. The number of nitrogens with zero attached hydrogens (tertiary/aromatic N) is 1. The molecule has 0 aliphatic rings. The molecule has 1 atom stereocenters. The lowest BCUT2D eigenvalue weighted by Crippen LogP contribution is -2.45. The third-order valence-corrected chi connectivity index (χ3v) is 2.38. The molecule has 0 spiro atoms. The van der Waals surface area contributed by atoms with Gasteiger partial charge in [-0.15, -0.1) is 0 Å². The number of pyridine rings is 1. The van der Waals surface area contributed by atoms with Crippen molar-refractivity contribution in [1.82, 2.24) is 4.98 Å². The van der Waals surface area contributed by atoms with E-state index in [2.05, 4.69) is 10.3 Å². The molecule has 1 amide bonds. The third-order valence-electron chi connectivity index (χ3n) is 2.38. The fourth-order valence-electron chi connectivity index (χ4n) is 1.14. The Kier molecular flexibility index (Phi) is 3.65. The van der Waals surface area contributed by atoms with Crippen LogP contribution in [0, 0.1) is 12.3 Å². The average molecular weight is 221 g/mol. The highest BCUT2D eigenvalue weighted by Crippen LogP contribution is 2.18. The Bertz CT molecular complexity index is 365. The summed E-state index contributed by atoms with van der Waals surface area (Å²) in [6, 6.07) is 3.11. The molecular formula is C12H19N3O. The zero-order valence-corrected chi connectivity index (χ0v) is 10.2. The van der Waals surface area contributed by atoms with Gasteiger partial charge < -0.3 is 11.1 Å². The Balaban J connectivity index is 2.68. The number of hydrogen-bond donors (Lipinski definition) is 2. The van der Waals surface area contributed by atoms with Gasteiger partial charge in [0.2, 0.25) is 5.91 Å². The minimum Gasteiger partial charge on any atom is -0.319 e. The van der Waals surface area contributed by atoms with Gasteiger partial charge in [0.25, 0.3) is 0 Å². The van der Waals surface area contributed by atoms with Crippen LogP contribution in [0.4, 0.5) is 5.82 Å². The van der Waals surface area contributed by atoms with Crippen LogP contribution < -0.4 is 11.1 Å². The molecule has 3 N–H and O–H groups in total. The van der Waals surface area contributed by atoms with Gasteiger partial charge in [-0.25, -0.2) is 4.98 Å². The lowest BCUT2D eigenvalue weighted by atomic mass is 9.87. The van der Waals surface area contributed by atoms with E-state index in [1.165, 1.54) is 0 Å². The molecule has 4 nitrogen and oxygen atoms in total. The molecule has 1 aromatic heterocycles. The van der Waals surface area contributed by atoms with E-state index in [1.54, 1.807) is 12.3 Å². The molecule has 1 rings (SSSR count). The van der Waals surface area contributed by atoms with Crippen LogP contribution in [0.25, 0.3) is 0 Å². The molecule has 1 aromatic rings. The van der Waals surface area contributed by atoms with E-state index in [0.29, 0.717) is 5.82 Å². The number of rotatable bonds is 2. The summed E-state index contributed by atoms with van der Waals surface area (Å²) in [6.45, 7) is 7.74. The Morgan fingerprint density at radius 3 is 2.50 bits per heavy atom. The first-order valence-electron chi connectivity index (χ1n) is 5.30. The summed E-state index contributed by atoms with van der Waals surface area (Å²) in [4.78, 5) is 15.9. The first-order valence-corrected chi connectivity index (χ1v) is 5.30. The number of anilines is 1. The lowest BCUT2D eigenvalue weighted by molar-refractivity contribution is -0.119. The maximum atomic E-state index is 11.8. The van der Waals surface area contributed by atoms with E-state index in [1.807, 2.05) is 33.8 Å². The number of nitrogens with two attached hydrogens (primary N) is 1. The van der Waals surface area contributed by atoms with Gasteiger partial charge in [-0.05, 0) is 24.0 Å². The molecular weight excluding hydrogens is 202 g/mol. The SMILES string of the molecule is Cc1ccc(NC(=O)[C@@H](N)C(C)(C)C)nc1. The van der Waals surface area contributed by atoms with Crippen LogP contribution in [-0.2, 0) is 4.79 Å². The Morgan fingerprint density at radius 1 is 1.44 bits per heavy atom. The van der Waals surface area contributed by atoms with Crippen molar-refractivity contribution in [3.8, 4) is 0 Å². The maximum Gasteiger partial charge on any atom is 0.242 e. The van der Waals surface area contributed by atoms with Crippen molar-refractivity contribution >= 4 is 11.7 Å². The van der Waals surface area contributed by atoms with E-state index >= 15 is 0 Å². The van der Waals surface area contributed by atoms with Crippen LogP contribution in [0.15, 0.2) is 18.3 Å². The highest BCUT2D eigenvalue weighted by Gasteiger charge is 2.27. The standard InChI is InChI=1S/C12H19N3O/c1-8-5-6-9(14-7-8)15-11(16)10(13)12(2,3)4/h5-7,10H,13H2,1-4H3,(H,14,15,16)/t10-/m1/s1. The van der Waals surface area contributed by atoms with Crippen LogP contribution in [0.5, 0.6) is 0 Å². The summed E-state index contributed by atoms with van der Waals surface area (Å²) >= 11 is 0. The van der Waals surface area contributed by atoms with Gasteiger partial charge >= 0.3 is 0 Å². The zero-order chi connectivity index (χ0) is 12.3. The van der Waals surface area contributed by atoms with Crippen molar-refractivity contribution in [1.29, 1.82) is 0 Å². The number of hydrogen-bond acceptors (Lipinski definition) is 3. The summed E-state index contributed by atoms with van der Waals surface area (Å²) in [5, 5.41) is 2.70. The van der Waals surface area contributed by atoms with Gasteiger partial charge in [-0.3, -0.25) is 4.79 Å². The second-order valence-electron chi connectivity index (χ2n) is 5.05. The number of nitrogens with one attached hydrogen (secondary N) is 1. The van der Waals surface area contributed by atoms with Crippen LogP contribution >= 0.6 is 0 Å². The van der Waals surface area contributed by atoms with Crippen molar-refractivity contribution in [2.75, 3.05) is 5.32 Å². The summed E-state index contributed by atoms with van der Waals surface area (Å²) in [7, 11) is 0. The van der Waals surface area contributed by atoms with Crippen LogP contribution in [0.2, 0.25) is 0 Å². The van der Waals surface area contributed by atoms with Crippen LogP contribution in [-0.4, -0.2) is 16.9 Å². The number of aromatic nitrogens is 1. The van der Waals surface area contributed by atoms with Crippen molar-refractivity contribution in [2.45, 2.75) is 33.7 Å². The highest BCUT2D eigenvalue weighted by atomic mass is 16.2. The number of amides is 1. The van der Waals surface area contributed by atoms with Crippen molar-refractivity contribution < 1.29 is 4.79 Å². The molecule has 4 heteroatoms. The lowest BCUT2D eigenvalue weighted by Gasteiger charge is -2.25. The van der Waals surface area contributed by atoms with E-state index in [4.69, 9.17) is 5.73 Å². The van der Waals surface area contributed by atoms with Crippen molar-refractivity contribution in [3.63, 3.8) is 0 Å². The molecule has 0 radical (unpaired) electrons. The fraction of sp³-hybridized carbons (Fsp3) is 0.500. The second kappa shape index (κ2) is 4.61. The summed E-state index contributed by atoms with van der Waals surface area (Å²) in [6.07, 6.45) is 1.71. The molecule has 0 saturated heterocycles.